The van der Waals surface area contributed by atoms with E-state index < -0.39 is 12.0 Å². The number of aromatic carboxylic acids is 1. The average Bonchev–Trinajstić information content (AvgIpc) is 3.05. The molecule has 0 saturated heterocycles. The Kier molecular flexibility index (Phi) is 5.55. The number of carbonyl (C=O) groups is 2. The zero-order valence-electron chi connectivity index (χ0n) is 16.8. The summed E-state index contributed by atoms with van der Waals surface area (Å²) >= 11 is 0. The molecule has 1 aliphatic heterocycles. The number of aliphatic hydroxyl groups excluding tert-OH is 1. The van der Waals surface area contributed by atoms with Crippen LogP contribution in [-0.2, 0) is 0 Å². The smallest absolute Gasteiger partial charge is 0.339 e. The number of rotatable bonds is 7. The molecule has 5 N–H and O–H groups in total. The number of nitrogens with one attached hydrogen (secondary N) is 3. The van der Waals surface area contributed by atoms with Crippen molar-refractivity contribution in [3.8, 4) is 0 Å². The second-order valence-electron chi connectivity index (χ2n) is 7.33. The Bertz CT molecular complexity index is 1130. The maximum absolute atomic E-state index is 11.9. The molecular weight excluding hydrogens is 396 g/mol. The maximum Gasteiger partial charge on any atom is 0.339 e. The molecule has 1 aliphatic rings. The molecule has 8 heteroatoms. The first-order valence-electron chi connectivity index (χ1n) is 9.83. The average molecular weight is 418 g/mol. The van der Waals surface area contributed by atoms with Gasteiger partial charge in [0.1, 0.15) is 11.4 Å². The van der Waals surface area contributed by atoms with E-state index in [1.54, 1.807) is 18.2 Å². The molecule has 3 aromatic rings. The van der Waals surface area contributed by atoms with Crippen molar-refractivity contribution in [3.63, 3.8) is 0 Å². The molecule has 2 aromatic carbocycles. The Morgan fingerprint density at radius 2 is 1.97 bits per heavy atom. The minimum absolute atomic E-state index is 0.00250. The van der Waals surface area contributed by atoms with Crippen LogP contribution in [0.1, 0.15) is 50.9 Å². The van der Waals surface area contributed by atoms with Crippen LogP contribution in [0.5, 0.6) is 0 Å². The van der Waals surface area contributed by atoms with E-state index >= 15 is 0 Å². The zero-order chi connectivity index (χ0) is 22.0. The lowest BCUT2D eigenvalue weighted by atomic mass is 10.0. The molecule has 8 nitrogen and oxygen atoms in total. The Morgan fingerprint density at radius 3 is 2.68 bits per heavy atom. The van der Waals surface area contributed by atoms with E-state index in [0.717, 1.165) is 16.8 Å². The molecule has 0 spiro atoms. The highest BCUT2D eigenvalue weighted by molar-refractivity contribution is 5.99. The van der Waals surface area contributed by atoms with Gasteiger partial charge in [-0.15, -0.1) is 0 Å². The van der Waals surface area contributed by atoms with Crippen LogP contribution in [0.4, 0.5) is 17.2 Å². The molecule has 2 heterocycles. The summed E-state index contributed by atoms with van der Waals surface area (Å²) in [5.74, 6) is -0.787. The van der Waals surface area contributed by atoms with Gasteiger partial charge in [-0.1, -0.05) is 30.3 Å². The summed E-state index contributed by atoms with van der Waals surface area (Å²) in [7, 11) is 0. The van der Waals surface area contributed by atoms with Crippen molar-refractivity contribution in [1.82, 2.24) is 10.3 Å². The number of carbonyl (C=O) groups excluding carboxylic acids is 1. The first-order valence-corrected chi connectivity index (χ1v) is 9.83. The number of hydrogen-bond donors (Lipinski definition) is 5. The molecule has 4 rings (SSSR count). The molecule has 0 saturated carbocycles. The highest BCUT2D eigenvalue weighted by atomic mass is 16.4. The lowest BCUT2D eigenvalue weighted by Gasteiger charge is -2.20. The third-order valence-corrected chi connectivity index (χ3v) is 5.23. The summed E-state index contributed by atoms with van der Waals surface area (Å²) in [4.78, 5) is 27.8. The van der Waals surface area contributed by atoms with Gasteiger partial charge >= 0.3 is 5.97 Å². The fourth-order valence-corrected chi connectivity index (χ4v) is 3.63. The van der Waals surface area contributed by atoms with Crippen LogP contribution in [0.2, 0.25) is 0 Å². The zero-order valence-corrected chi connectivity index (χ0v) is 16.8. The summed E-state index contributed by atoms with van der Waals surface area (Å²) in [6.07, 6.45) is 1.27. The number of carboxylic acids is 1. The van der Waals surface area contributed by atoms with E-state index in [1.165, 1.54) is 6.20 Å². The predicted octanol–water partition coefficient (Wildman–Crippen LogP) is 3.47. The summed E-state index contributed by atoms with van der Waals surface area (Å²) in [6.45, 7) is 1.70. The number of benzene rings is 2. The molecule has 1 amide bonds. The Balaban J connectivity index is 1.62. The quantitative estimate of drug-likeness (QED) is 0.398. The number of aromatic nitrogens is 1. The molecular formula is C23H22N4O4. The topological polar surface area (TPSA) is 124 Å². The van der Waals surface area contributed by atoms with Crippen LogP contribution in [0.3, 0.4) is 0 Å². The number of carboxylic acid groups (broad SMARTS) is 1. The molecule has 0 aliphatic carbocycles. The summed E-state index contributed by atoms with van der Waals surface area (Å²) in [5, 5.41) is 28.5. The van der Waals surface area contributed by atoms with Crippen LogP contribution in [0, 0.1) is 0 Å². The molecule has 1 aromatic heterocycles. The molecule has 31 heavy (non-hydrogen) atoms. The van der Waals surface area contributed by atoms with Gasteiger partial charge in [0.25, 0.3) is 5.91 Å². The number of pyridine rings is 1. The monoisotopic (exact) mass is 418 g/mol. The first-order chi connectivity index (χ1) is 15.0. The summed E-state index contributed by atoms with van der Waals surface area (Å²) in [5.41, 5.74) is 3.42. The van der Waals surface area contributed by atoms with Crippen molar-refractivity contribution < 1.29 is 19.8 Å². The van der Waals surface area contributed by atoms with Crippen LogP contribution < -0.4 is 16.0 Å². The van der Waals surface area contributed by atoms with Crippen LogP contribution in [0.25, 0.3) is 0 Å². The Hall–Kier alpha value is -3.91. The highest BCUT2D eigenvalue weighted by Gasteiger charge is 2.25. The lowest BCUT2D eigenvalue weighted by molar-refractivity contribution is 0.0697. The van der Waals surface area contributed by atoms with Crippen molar-refractivity contribution in [1.29, 1.82) is 0 Å². The molecule has 0 radical (unpaired) electrons. The number of hydrogen-bond acceptors (Lipinski definition) is 6. The lowest BCUT2D eigenvalue weighted by Crippen LogP contribution is -2.17. The molecule has 158 valence electrons. The van der Waals surface area contributed by atoms with Gasteiger partial charge in [-0.3, -0.25) is 4.79 Å². The van der Waals surface area contributed by atoms with Crippen LogP contribution in [-0.4, -0.2) is 33.7 Å². The van der Waals surface area contributed by atoms with Crippen LogP contribution >= 0.6 is 0 Å². The van der Waals surface area contributed by atoms with E-state index in [0.29, 0.717) is 17.1 Å². The van der Waals surface area contributed by atoms with Crippen molar-refractivity contribution in [2.75, 3.05) is 17.2 Å². The largest absolute Gasteiger partial charge is 0.478 e. The summed E-state index contributed by atoms with van der Waals surface area (Å²) < 4.78 is 0. The SMILES string of the molecule is CC1NC(=O)c2ccc(Nc3cc(N[C@H](CO)c4ccccc4)c(C(=O)O)cn3)cc21. The van der Waals surface area contributed by atoms with Crippen molar-refractivity contribution >= 4 is 29.1 Å². The first kappa shape index (κ1) is 20.4. The van der Waals surface area contributed by atoms with Gasteiger partial charge in [0, 0.05) is 23.5 Å². The van der Waals surface area contributed by atoms with Gasteiger partial charge in [0.15, 0.2) is 0 Å². The minimum Gasteiger partial charge on any atom is -0.478 e. The molecule has 0 bridgehead atoms. The van der Waals surface area contributed by atoms with E-state index in [1.807, 2.05) is 43.3 Å². The van der Waals surface area contributed by atoms with Gasteiger partial charge in [-0.2, -0.15) is 0 Å². The van der Waals surface area contributed by atoms with E-state index in [4.69, 9.17) is 0 Å². The number of fused-ring (bicyclic) bond motifs is 1. The standard InChI is InChI=1S/C23H22N4O4/c1-13-17-9-15(7-8-16(17)22(29)25-13)26-21-10-19(18(11-24-21)23(30)31)27-20(12-28)14-5-3-2-4-6-14/h2-11,13,20,28H,12H2,1H3,(H,25,29)(H,30,31)(H2,24,26,27)/t13?,20-/m1/s1. The number of nitrogens with zero attached hydrogens (tertiary/aromatic N) is 1. The second kappa shape index (κ2) is 8.45. The number of anilines is 3. The summed E-state index contributed by atoms with van der Waals surface area (Å²) in [6, 6.07) is 15.7. The Morgan fingerprint density at radius 1 is 1.19 bits per heavy atom. The van der Waals surface area contributed by atoms with E-state index in [2.05, 4.69) is 20.9 Å². The van der Waals surface area contributed by atoms with Gasteiger partial charge in [-0.25, -0.2) is 9.78 Å². The van der Waals surface area contributed by atoms with Gasteiger partial charge in [0.2, 0.25) is 0 Å². The van der Waals surface area contributed by atoms with Gasteiger partial charge < -0.3 is 26.2 Å². The number of amides is 1. The predicted molar refractivity (Wildman–Crippen MR) is 117 cm³/mol. The van der Waals surface area contributed by atoms with Gasteiger partial charge in [-0.05, 0) is 36.2 Å². The minimum atomic E-state index is -1.12. The third-order valence-electron chi connectivity index (χ3n) is 5.23. The highest BCUT2D eigenvalue weighted by Crippen LogP contribution is 2.30. The Labute approximate surface area is 179 Å². The van der Waals surface area contributed by atoms with Crippen LogP contribution in [0.15, 0.2) is 60.8 Å². The molecule has 1 unspecified atom stereocenters. The maximum atomic E-state index is 11.9. The van der Waals surface area contributed by atoms with Crippen molar-refractivity contribution in [2.24, 2.45) is 0 Å². The fourth-order valence-electron chi connectivity index (χ4n) is 3.63. The second-order valence-corrected chi connectivity index (χ2v) is 7.33. The molecule has 2 atom stereocenters. The fraction of sp³-hybridized carbons (Fsp3) is 0.174. The van der Waals surface area contributed by atoms with Crippen molar-refractivity contribution in [2.45, 2.75) is 19.0 Å². The molecule has 0 fully saturated rings. The van der Waals surface area contributed by atoms with Gasteiger partial charge in [0.05, 0.1) is 24.4 Å². The number of aliphatic hydroxyl groups is 1. The normalized spacial score (nSPS) is 15.7. The van der Waals surface area contributed by atoms with Crippen molar-refractivity contribution in [3.05, 3.63) is 83.0 Å². The third kappa shape index (κ3) is 4.19. The van der Waals surface area contributed by atoms with E-state index in [-0.39, 0.29) is 24.1 Å². The van der Waals surface area contributed by atoms with E-state index in [9.17, 15) is 19.8 Å².